The van der Waals surface area contributed by atoms with E-state index in [4.69, 9.17) is 28.2 Å². The van der Waals surface area contributed by atoms with Gasteiger partial charge < -0.3 is 9.88 Å². The second-order valence-electron chi connectivity index (χ2n) is 8.51. The van der Waals surface area contributed by atoms with E-state index in [1.807, 2.05) is 42.2 Å². The molecule has 2 aromatic heterocycles. The summed E-state index contributed by atoms with van der Waals surface area (Å²) >= 11 is 12.3. The molecule has 0 aliphatic carbocycles. The van der Waals surface area contributed by atoms with Gasteiger partial charge >= 0.3 is 0 Å². The predicted molar refractivity (Wildman–Crippen MR) is 131 cm³/mol. The van der Waals surface area contributed by atoms with Crippen LogP contribution in [-0.2, 0) is 6.54 Å². The fourth-order valence-corrected chi connectivity index (χ4v) is 4.83. The van der Waals surface area contributed by atoms with Gasteiger partial charge in [0.25, 0.3) is 11.5 Å². The molecule has 0 saturated carbocycles. The highest BCUT2D eigenvalue weighted by Crippen LogP contribution is 2.27. The number of carbonyl (C=O) groups is 1. The Bertz CT molecular complexity index is 1450. The van der Waals surface area contributed by atoms with Gasteiger partial charge in [0, 0.05) is 34.6 Å². The first-order valence-electron chi connectivity index (χ1n) is 11.0. The lowest BCUT2D eigenvalue weighted by Gasteiger charge is -2.32. The van der Waals surface area contributed by atoms with Crippen molar-refractivity contribution in [2.24, 2.45) is 0 Å². The highest BCUT2D eigenvalue weighted by Gasteiger charge is 2.28. The summed E-state index contributed by atoms with van der Waals surface area (Å²) in [5.74, 6) is 0.433. The normalized spacial score (nSPS) is 16.2. The zero-order valence-corrected chi connectivity index (χ0v) is 20.0. The number of fused-ring (bicyclic) bond motifs is 1. The number of rotatable bonds is 4. The SMILES string of the molecule is Cc1ccccc1C(=O)N1CCC[C@H](c2nc3c(nnn3Cc3ccc(Cl)cc3Cl)c(=O)[nH]2)C1. The maximum absolute atomic E-state index is 13.1. The molecule has 1 fully saturated rings. The van der Waals surface area contributed by atoms with Gasteiger partial charge in [0.05, 0.1) is 6.54 Å². The molecule has 8 nitrogen and oxygen atoms in total. The molecule has 0 spiro atoms. The van der Waals surface area contributed by atoms with Gasteiger partial charge in [-0.2, -0.15) is 0 Å². The molecule has 1 atom stereocenters. The Morgan fingerprint density at radius 1 is 1.21 bits per heavy atom. The van der Waals surface area contributed by atoms with Gasteiger partial charge in [-0.25, -0.2) is 9.67 Å². The highest BCUT2D eigenvalue weighted by atomic mass is 35.5. The quantitative estimate of drug-likeness (QED) is 0.456. The first kappa shape index (κ1) is 22.6. The number of carbonyl (C=O) groups excluding carboxylic acids is 1. The van der Waals surface area contributed by atoms with E-state index in [1.165, 1.54) is 0 Å². The summed E-state index contributed by atoms with van der Waals surface area (Å²) in [6.45, 7) is 3.38. The van der Waals surface area contributed by atoms with Crippen molar-refractivity contribution in [2.45, 2.75) is 32.2 Å². The third-order valence-electron chi connectivity index (χ3n) is 6.20. The number of nitrogens with one attached hydrogen (secondary N) is 1. The van der Waals surface area contributed by atoms with Crippen LogP contribution in [0.5, 0.6) is 0 Å². The van der Waals surface area contributed by atoms with Crippen LogP contribution in [-0.4, -0.2) is 48.9 Å². The molecule has 1 aliphatic heterocycles. The average Bonchev–Trinajstić information content (AvgIpc) is 3.24. The molecule has 5 rings (SSSR count). The van der Waals surface area contributed by atoms with Crippen molar-refractivity contribution in [3.8, 4) is 0 Å². The molecule has 10 heteroatoms. The van der Waals surface area contributed by atoms with Crippen LogP contribution in [0.1, 0.15) is 46.1 Å². The summed E-state index contributed by atoms with van der Waals surface area (Å²) in [7, 11) is 0. The number of benzene rings is 2. The van der Waals surface area contributed by atoms with Gasteiger partial charge in [-0.3, -0.25) is 9.59 Å². The van der Waals surface area contributed by atoms with Crippen molar-refractivity contribution >= 4 is 40.3 Å². The second-order valence-corrected chi connectivity index (χ2v) is 9.36. The number of H-pyrrole nitrogens is 1. The van der Waals surface area contributed by atoms with Crippen LogP contribution in [0, 0.1) is 6.92 Å². The molecule has 174 valence electrons. The van der Waals surface area contributed by atoms with Crippen molar-refractivity contribution in [3.05, 3.63) is 85.4 Å². The second kappa shape index (κ2) is 9.19. The van der Waals surface area contributed by atoms with E-state index in [0.29, 0.717) is 46.7 Å². The molecule has 3 heterocycles. The Labute approximate surface area is 205 Å². The topological polar surface area (TPSA) is 96.8 Å². The van der Waals surface area contributed by atoms with E-state index in [1.54, 1.807) is 16.8 Å². The highest BCUT2D eigenvalue weighted by molar-refractivity contribution is 6.35. The fraction of sp³-hybridized carbons (Fsp3) is 0.292. The van der Waals surface area contributed by atoms with Gasteiger partial charge in [0.2, 0.25) is 0 Å². The van der Waals surface area contributed by atoms with E-state index >= 15 is 0 Å². The van der Waals surface area contributed by atoms with Gasteiger partial charge in [-0.15, -0.1) is 5.10 Å². The number of piperidine rings is 1. The maximum atomic E-state index is 13.1. The van der Waals surface area contributed by atoms with Gasteiger partial charge in [0.15, 0.2) is 11.2 Å². The molecule has 4 aromatic rings. The van der Waals surface area contributed by atoms with Crippen molar-refractivity contribution in [1.29, 1.82) is 0 Å². The molecule has 0 radical (unpaired) electrons. The number of aryl methyl sites for hydroxylation is 1. The number of hydrogen-bond donors (Lipinski definition) is 1. The van der Waals surface area contributed by atoms with E-state index in [9.17, 15) is 9.59 Å². The van der Waals surface area contributed by atoms with Gasteiger partial charge in [-0.05, 0) is 49.1 Å². The van der Waals surface area contributed by atoms with Crippen LogP contribution in [0.3, 0.4) is 0 Å². The van der Waals surface area contributed by atoms with Crippen LogP contribution in [0.2, 0.25) is 10.0 Å². The third-order valence-corrected chi connectivity index (χ3v) is 6.78. The molecule has 1 aliphatic rings. The number of amides is 1. The van der Waals surface area contributed by atoms with Crippen LogP contribution >= 0.6 is 23.2 Å². The minimum Gasteiger partial charge on any atom is -0.338 e. The summed E-state index contributed by atoms with van der Waals surface area (Å²) in [4.78, 5) is 35.3. The van der Waals surface area contributed by atoms with Crippen molar-refractivity contribution in [2.75, 3.05) is 13.1 Å². The monoisotopic (exact) mass is 496 g/mol. The Kier molecular flexibility index (Phi) is 6.10. The maximum Gasteiger partial charge on any atom is 0.281 e. The molecule has 1 amide bonds. The molecule has 0 bridgehead atoms. The Morgan fingerprint density at radius 2 is 2.03 bits per heavy atom. The first-order chi connectivity index (χ1) is 16.4. The first-order valence-corrected chi connectivity index (χ1v) is 11.8. The van der Waals surface area contributed by atoms with E-state index in [0.717, 1.165) is 24.0 Å². The van der Waals surface area contributed by atoms with Crippen LogP contribution < -0.4 is 5.56 Å². The molecule has 1 saturated heterocycles. The lowest BCUT2D eigenvalue weighted by Crippen LogP contribution is -2.40. The summed E-state index contributed by atoms with van der Waals surface area (Å²) in [5.41, 5.74) is 2.62. The smallest absolute Gasteiger partial charge is 0.281 e. The summed E-state index contributed by atoms with van der Waals surface area (Å²) in [6, 6.07) is 12.8. The Morgan fingerprint density at radius 3 is 2.82 bits per heavy atom. The van der Waals surface area contributed by atoms with Crippen LogP contribution in [0.15, 0.2) is 47.3 Å². The number of aromatic amines is 1. The van der Waals surface area contributed by atoms with E-state index in [2.05, 4.69) is 15.3 Å². The molecular weight excluding hydrogens is 475 g/mol. The van der Waals surface area contributed by atoms with E-state index < -0.39 is 0 Å². The van der Waals surface area contributed by atoms with Gasteiger partial charge in [0.1, 0.15) is 5.82 Å². The lowest BCUT2D eigenvalue weighted by molar-refractivity contribution is 0.0704. The van der Waals surface area contributed by atoms with Crippen LogP contribution in [0.25, 0.3) is 11.2 Å². The van der Waals surface area contributed by atoms with Crippen LogP contribution in [0.4, 0.5) is 0 Å². The molecule has 2 aromatic carbocycles. The van der Waals surface area contributed by atoms with Gasteiger partial charge in [-0.1, -0.05) is 52.7 Å². The van der Waals surface area contributed by atoms with Crippen molar-refractivity contribution < 1.29 is 4.79 Å². The average molecular weight is 497 g/mol. The Balaban J connectivity index is 1.44. The predicted octanol–water partition coefficient (Wildman–Crippen LogP) is 4.20. The molecule has 34 heavy (non-hydrogen) atoms. The summed E-state index contributed by atoms with van der Waals surface area (Å²) in [6.07, 6.45) is 1.64. The fourth-order valence-electron chi connectivity index (χ4n) is 4.36. The molecule has 0 unspecified atom stereocenters. The third kappa shape index (κ3) is 4.31. The summed E-state index contributed by atoms with van der Waals surface area (Å²) < 4.78 is 1.56. The minimum atomic E-state index is -0.351. The standard InChI is InChI=1S/C24H22Cl2N6O2/c1-14-5-2-3-7-18(14)24(34)31-10-4-6-16(12-31)21-27-22-20(23(33)28-21)29-30-32(22)13-15-8-9-17(25)11-19(15)26/h2-3,5,7-9,11,16H,4,6,10,12-13H2,1H3,(H,27,28,33)/t16-/m0/s1. The minimum absolute atomic E-state index is 0.00434. The zero-order valence-electron chi connectivity index (χ0n) is 18.5. The number of hydrogen-bond acceptors (Lipinski definition) is 5. The summed E-state index contributed by atoms with van der Waals surface area (Å²) in [5, 5.41) is 9.17. The Hall–Kier alpha value is -3.23. The molecule has 1 N–H and O–H groups in total. The molecular formula is C24H22Cl2N6O2. The lowest BCUT2D eigenvalue weighted by atomic mass is 9.96. The van der Waals surface area contributed by atoms with Crippen molar-refractivity contribution in [1.82, 2.24) is 29.9 Å². The van der Waals surface area contributed by atoms with E-state index in [-0.39, 0.29) is 22.9 Å². The number of nitrogens with zero attached hydrogens (tertiary/aromatic N) is 5. The largest absolute Gasteiger partial charge is 0.338 e. The zero-order chi connectivity index (χ0) is 23.8. The number of aromatic nitrogens is 5. The number of likely N-dealkylation sites (tertiary alicyclic amines) is 1. The van der Waals surface area contributed by atoms with Crippen molar-refractivity contribution in [3.63, 3.8) is 0 Å². The number of halogens is 2.